The minimum atomic E-state index is 0.126. The zero-order chi connectivity index (χ0) is 20.9. The summed E-state index contributed by atoms with van der Waals surface area (Å²) in [6, 6.07) is 15.1. The summed E-state index contributed by atoms with van der Waals surface area (Å²) in [5.41, 5.74) is 1.77. The number of benzene rings is 2. The number of aromatic nitrogens is 2. The van der Waals surface area contributed by atoms with Crippen LogP contribution in [0.2, 0.25) is 5.02 Å². The van der Waals surface area contributed by atoms with Gasteiger partial charge in [-0.3, -0.25) is 4.79 Å². The predicted octanol–water partition coefficient (Wildman–Crippen LogP) is 4.42. The van der Waals surface area contributed by atoms with Crippen LogP contribution in [-0.4, -0.2) is 41.1 Å². The van der Waals surface area contributed by atoms with Gasteiger partial charge in [-0.05, 0) is 54.7 Å². The first-order chi connectivity index (χ1) is 14.6. The van der Waals surface area contributed by atoms with E-state index in [9.17, 15) is 4.79 Å². The van der Waals surface area contributed by atoms with Crippen molar-refractivity contribution in [3.05, 3.63) is 65.0 Å². The molecule has 1 fully saturated rings. The highest BCUT2D eigenvalue weighted by molar-refractivity contribution is 6.31. The minimum absolute atomic E-state index is 0.126. The molecule has 6 nitrogen and oxygen atoms in total. The van der Waals surface area contributed by atoms with Gasteiger partial charge in [0.1, 0.15) is 5.75 Å². The lowest BCUT2D eigenvalue weighted by Gasteiger charge is -2.31. The molecule has 156 valence electrons. The first kappa shape index (κ1) is 20.4. The maximum Gasteiger partial charge on any atom is 0.227 e. The van der Waals surface area contributed by atoms with E-state index in [0.29, 0.717) is 29.1 Å². The van der Waals surface area contributed by atoms with Crippen LogP contribution >= 0.6 is 11.6 Å². The number of ether oxygens (including phenoxy) is 1. The van der Waals surface area contributed by atoms with Gasteiger partial charge >= 0.3 is 0 Å². The van der Waals surface area contributed by atoms with Crippen LogP contribution in [0.1, 0.15) is 24.3 Å². The number of methoxy groups -OCH3 is 1. The van der Waals surface area contributed by atoms with E-state index < -0.39 is 0 Å². The number of nitrogens with zero attached hydrogens (tertiary/aromatic N) is 3. The standard InChI is InChI=1S/C23H24ClN3O3/c1-29-19-8-6-17(7-9-19)23-25-21(30-26-23)14-16-10-12-27(13-11-16)22(28)15-18-4-2-3-5-20(18)24/h2-9,16H,10-15H2,1H3. The number of carbonyl (C=O) groups excluding carboxylic acids is 1. The smallest absolute Gasteiger partial charge is 0.227 e. The Bertz CT molecular complexity index is 995. The van der Waals surface area contributed by atoms with Crippen LogP contribution < -0.4 is 4.74 Å². The third kappa shape index (κ3) is 4.82. The summed E-state index contributed by atoms with van der Waals surface area (Å²) < 4.78 is 10.6. The monoisotopic (exact) mass is 425 g/mol. The first-order valence-electron chi connectivity index (χ1n) is 10.1. The predicted molar refractivity (Wildman–Crippen MR) is 114 cm³/mol. The fraction of sp³-hybridized carbons (Fsp3) is 0.348. The second-order valence-corrected chi connectivity index (χ2v) is 7.94. The molecule has 0 atom stereocenters. The second kappa shape index (κ2) is 9.30. The first-order valence-corrected chi connectivity index (χ1v) is 10.5. The van der Waals surface area contributed by atoms with E-state index in [4.69, 9.17) is 20.9 Å². The summed E-state index contributed by atoms with van der Waals surface area (Å²) in [4.78, 5) is 19.1. The number of likely N-dealkylation sites (tertiary alicyclic amines) is 1. The highest BCUT2D eigenvalue weighted by atomic mass is 35.5. The zero-order valence-corrected chi connectivity index (χ0v) is 17.6. The van der Waals surface area contributed by atoms with Crippen molar-refractivity contribution in [2.45, 2.75) is 25.7 Å². The van der Waals surface area contributed by atoms with Gasteiger partial charge in [0.25, 0.3) is 0 Å². The molecule has 3 aromatic rings. The molecule has 0 bridgehead atoms. The molecule has 0 saturated carbocycles. The molecule has 0 spiro atoms. The molecular formula is C23H24ClN3O3. The fourth-order valence-electron chi connectivity index (χ4n) is 3.75. The van der Waals surface area contributed by atoms with Crippen molar-refractivity contribution in [3.8, 4) is 17.1 Å². The van der Waals surface area contributed by atoms with Crippen molar-refractivity contribution in [3.63, 3.8) is 0 Å². The van der Waals surface area contributed by atoms with Crippen LogP contribution in [-0.2, 0) is 17.6 Å². The Morgan fingerprint density at radius 2 is 1.90 bits per heavy atom. The van der Waals surface area contributed by atoms with Gasteiger partial charge in [0, 0.05) is 30.1 Å². The topological polar surface area (TPSA) is 68.5 Å². The normalized spacial score (nSPS) is 14.7. The van der Waals surface area contributed by atoms with Crippen molar-refractivity contribution in [1.82, 2.24) is 15.0 Å². The number of amides is 1. The minimum Gasteiger partial charge on any atom is -0.497 e. The lowest BCUT2D eigenvalue weighted by atomic mass is 9.93. The zero-order valence-electron chi connectivity index (χ0n) is 16.9. The lowest BCUT2D eigenvalue weighted by Crippen LogP contribution is -2.39. The summed E-state index contributed by atoms with van der Waals surface area (Å²) in [5.74, 6) is 2.57. The van der Waals surface area contributed by atoms with Crippen molar-refractivity contribution in [2.24, 2.45) is 5.92 Å². The molecule has 7 heteroatoms. The Labute approximate surface area is 180 Å². The van der Waals surface area contributed by atoms with Gasteiger partial charge in [0.05, 0.1) is 13.5 Å². The molecule has 0 N–H and O–H groups in total. The third-order valence-corrected chi connectivity index (χ3v) is 5.92. The maximum absolute atomic E-state index is 12.6. The fourth-order valence-corrected chi connectivity index (χ4v) is 3.95. The van der Waals surface area contributed by atoms with E-state index in [1.807, 2.05) is 53.4 Å². The average molecular weight is 426 g/mol. The van der Waals surface area contributed by atoms with Crippen molar-refractivity contribution in [2.75, 3.05) is 20.2 Å². The van der Waals surface area contributed by atoms with Gasteiger partial charge in [-0.15, -0.1) is 0 Å². The Morgan fingerprint density at radius 1 is 1.17 bits per heavy atom. The molecule has 0 radical (unpaired) electrons. The molecule has 2 aromatic carbocycles. The quantitative estimate of drug-likeness (QED) is 0.584. The molecular weight excluding hydrogens is 402 g/mol. The van der Waals surface area contributed by atoms with Crippen LogP contribution in [0.5, 0.6) is 5.75 Å². The summed E-state index contributed by atoms with van der Waals surface area (Å²) in [6.45, 7) is 1.49. The molecule has 4 rings (SSSR count). The van der Waals surface area contributed by atoms with Gasteiger partial charge in [-0.1, -0.05) is 35.0 Å². The number of piperidine rings is 1. The van der Waals surface area contributed by atoms with Gasteiger partial charge in [-0.2, -0.15) is 4.98 Å². The van der Waals surface area contributed by atoms with Crippen molar-refractivity contribution < 1.29 is 14.1 Å². The largest absolute Gasteiger partial charge is 0.497 e. The molecule has 1 aliphatic rings. The van der Waals surface area contributed by atoms with Gasteiger partial charge < -0.3 is 14.2 Å². The van der Waals surface area contributed by atoms with Crippen LogP contribution in [0.25, 0.3) is 11.4 Å². The summed E-state index contributed by atoms with van der Waals surface area (Å²) in [5, 5.41) is 4.75. The van der Waals surface area contributed by atoms with E-state index in [1.54, 1.807) is 7.11 Å². The molecule has 0 unspecified atom stereocenters. The molecule has 1 aromatic heterocycles. The number of hydrogen-bond acceptors (Lipinski definition) is 5. The van der Waals surface area contributed by atoms with Crippen LogP contribution in [0, 0.1) is 5.92 Å². The van der Waals surface area contributed by atoms with Gasteiger partial charge in [-0.25, -0.2) is 0 Å². The van der Waals surface area contributed by atoms with E-state index in [-0.39, 0.29) is 5.91 Å². The van der Waals surface area contributed by atoms with Crippen molar-refractivity contribution in [1.29, 1.82) is 0 Å². The van der Waals surface area contributed by atoms with Gasteiger partial charge in [0.15, 0.2) is 0 Å². The van der Waals surface area contributed by atoms with Gasteiger partial charge in [0.2, 0.25) is 17.6 Å². The summed E-state index contributed by atoms with van der Waals surface area (Å²) >= 11 is 6.18. The SMILES string of the molecule is COc1ccc(-c2noc(CC3CCN(C(=O)Cc4ccccc4Cl)CC3)n2)cc1. The van der Waals surface area contributed by atoms with E-state index in [1.165, 1.54) is 0 Å². The molecule has 1 aliphatic heterocycles. The molecule has 1 amide bonds. The summed E-state index contributed by atoms with van der Waals surface area (Å²) in [6.07, 6.45) is 2.93. The Morgan fingerprint density at radius 3 is 2.60 bits per heavy atom. The molecule has 2 heterocycles. The van der Waals surface area contributed by atoms with E-state index >= 15 is 0 Å². The van der Waals surface area contributed by atoms with Crippen LogP contribution in [0.15, 0.2) is 53.1 Å². The third-order valence-electron chi connectivity index (χ3n) is 5.55. The Hall–Kier alpha value is -2.86. The number of carbonyl (C=O) groups is 1. The highest BCUT2D eigenvalue weighted by Gasteiger charge is 2.25. The summed E-state index contributed by atoms with van der Waals surface area (Å²) in [7, 11) is 1.64. The maximum atomic E-state index is 12.6. The lowest BCUT2D eigenvalue weighted by molar-refractivity contribution is -0.131. The number of rotatable bonds is 6. The number of halogens is 1. The molecule has 30 heavy (non-hydrogen) atoms. The molecule has 1 saturated heterocycles. The average Bonchev–Trinajstić information content (AvgIpc) is 3.24. The second-order valence-electron chi connectivity index (χ2n) is 7.54. The molecule has 0 aliphatic carbocycles. The van der Waals surface area contributed by atoms with Crippen LogP contribution in [0.4, 0.5) is 0 Å². The van der Waals surface area contributed by atoms with Crippen molar-refractivity contribution >= 4 is 17.5 Å². The number of hydrogen-bond donors (Lipinski definition) is 0. The Kier molecular flexibility index (Phi) is 6.33. The highest BCUT2D eigenvalue weighted by Crippen LogP contribution is 2.25. The van der Waals surface area contributed by atoms with Crippen LogP contribution in [0.3, 0.4) is 0 Å². The van der Waals surface area contributed by atoms with E-state index in [2.05, 4.69) is 10.1 Å². The van der Waals surface area contributed by atoms with E-state index in [0.717, 1.165) is 49.2 Å². The Balaban J connectivity index is 1.29.